The molecule has 2 rings (SSSR count). The lowest BCUT2D eigenvalue weighted by Gasteiger charge is -2.24. The summed E-state index contributed by atoms with van der Waals surface area (Å²) in [5.74, 6) is -0.198. The second-order valence-electron chi connectivity index (χ2n) is 5.23. The van der Waals surface area contributed by atoms with E-state index in [1.807, 2.05) is 30.0 Å². The third kappa shape index (κ3) is 3.82. The van der Waals surface area contributed by atoms with Crippen molar-refractivity contribution in [1.82, 2.24) is 0 Å². The molecule has 2 N–H and O–H groups in total. The first kappa shape index (κ1) is 15.5. The van der Waals surface area contributed by atoms with Gasteiger partial charge in [0.2, 0.25) is 0 Å². The first-order chi connectivity index (χ1) is 10.2. The van der Waals surface area contributed by atoms with Crippen molar-refractivity contribution in [2.45, 2.75) is 32.7 Å². The molecule has 0 aliphatic heterocycles. The molecule has 21 heavy (non-hydrogen) atoms. The summed E-state index contributed by atoms with van der Waals surface area (Å²) in [7, 11) is 0. The molecule has 0 aliphatic carbocycles. The quantitative estimate of drug-likeness (QED) is 0.859. The average molecular weight is 286 g/mol. The lowest BCUT2D eigenvalue weighted by atomic mass is 10.0. The van der Waals surface area contributed by atoms with Gasteiger partial charge in [0.05, 0.1) is 5.69 Å². The van der Waals surface area contributed by atoms with Gasteiger partial charge in [-0.05, 0) is 49.6 Å². The number of hydrogen-bond acceptors (Lipinski definition) is 2. The van der Waals surface area contributed by atoms with Crippen LogP contribution in [-0.4, -0.2) is 12.6 Å². The molecule has 112 valence electrons. The van der Waals surface area contributed by atoms with Crippen molar-refractivity contribution in [1.29, 1.82) is 0 Å². The minimum atomic E-state index is -0.198. The zero-order chi connectivity index (χ0) is 15.2. The second kappa shape index (κ2) is 7.23. The molecule has 0 saturated carbocycles. The molecular weight excluding hydrogens is 263 g/mol. The zero-order valence-electron chi connectivity index (χ0n) is 12.7. The van der Waals surface area contributed by atoms with Crippen molar-refractivity contribution >= 4 is 11.4 Å². The largest absolute Gasteiger partial charge is 0.339 e. The van der Waals surface area contributed by atoms with Crippen LogP contribution in [0.1, 0.15) is 25.8 Å². The van der Waals surface area contributed by atoms with Gasteiger partial charge < -0.3 is 10.6 Å². The molecular formula is C18H23FN2. The Morgan fingerprint density at radius 1 is 1.05 bits per heavy atom. The van der Waals surface area contributed by atoms with Gasteiger partial charge in [0, 0.05) is 18.3 Å². The maximum absolute atomic E-state index is 14.0. The van der Waals surface area contributed by atoms with E-state index in [4.69, 9.17) is 5.73 Å². The molecule has 0 radical (unpaired) electrons. The molecule has 0 saturated heterocycles. The molecule has 0 bridgehead atoms. The molecule has 0 amide bonds. The van der Waals surface area contributed by atoms with E-state index in [2.05, 4.69) is 19.1 Å². The summed E-state index contributed by atoms with van der Waals surface area (Å²) in [5, 5.41) is 0. The Morgan fingerprint density at radius 2 is 1.71 bits per heavy atom. The number of anilines is 2. The average Bonchev–Trinajstić information content (AvgIpc) is 2.51. The predicted octanol–water partition coefficient (Wildman–Crippen LogP) is 4.26. The predicted molar refractivity (Wildman–Crippen MR) is 87.5 cm³/mol. The normalized spacial score (nSPS) is 12.2. The summed E-state index contributed by atoms with van der Waals surface area (Å²) in [6.45, 7) is 4.83. The van der Waals surface area contributed by atoms with Crippen molar-refractivity contribution in [3.05, 3.63) is 59.9 Å². The zero-order valence-corrected chi connectivity index (χ0v) is 12.7. The lowest BCUT2D eigenvalue weighted by molar-refractivity contribution is 0.625. The molecule has 0 aromatic heterocycles. The Hall–Kier alpha value is -1.87. The highest BCUT2D eigenvalue weighted by atomic mass is 19.1. The van der Waals surface area contributed by atoms with Gasteiger partial charge in [0.15, 0.2) is 0 Å². The summed E-state index contributed by atoms with van der Waals surface area (Å²) in [6, 6.07) is 15.3. The smallest absolute Gasteiger partial charge is 0.146 e. The minimum absolute atomic E-state index is 0.198. The van der Waals surface area contributed by atoms with Crippen LogP contribution in [-0.2, 0) is 6.42 Å². The van der Waals surface area contributed by atoms with Gasteiger partial charge in [-0.1, -0.05) is 31.2 Å². The number of rotatable bonds is 6. The van der Waals surface area contributed by atoms with Crippen LogP contribution in [0, 0.1) is 5.82 Å². The van der Waals surface area contributed by atoms with Crippen LogP contribution in [0.3, 0.4) is 0 Å². The standard InChI is InChI=1S/C18H23FN2/c1-3-15(20)13-14-9-11-16(12-10-14)21(4-2)18-8-6-5-7-17(18)19/h5-12,15H,3-4,13,20H2,1-2H3. The number of halogens is 1. The Labute approximate surface area is 126 Å². The van der Waals surface area contributed by atoms with E-state index in [0.29, 0.717) is 5.69 Å². The van der Waals surface area contributed by atoms with Gasteiger partial charge in [-0.25, -0.2) is 4.39 Å². The minimum Gasteiger partial charge on any atom is -0.339 e. The van der Waals surface area contributed by atoms with E-state index in [0.717, 1.165) is 25.1 Å². The van der Waals surface area contributed by atoms with Gasteiger partial charge in [-0.3, -0.25) is 0 Å². The van der Waals surface area contributed by atoms with Crippen molar-refractivity contribution < 1.29 is 4.39 Å². The number of para-hydroxylation sites is 1. The molecule has 3 heteroatoms. The number of nitrogens with two attached hydrogens (primary N) is 1. The van der Waals surface area contributed by atoms with Crippen LogP contribution in [0.15, 0.2) is 48.5 Å². The van der Waals surface area contributed by atoms with E-state index in [-0.39, 0.29) is 11.9 Å². The van der Waals surface area contributed by atoms with Gasteiger partial charge in [0.25, 0.3) is 0 Å². The third-order valence-corrected chi connectivity index (χ3v) is 3.73. The topological polar surface area (TPSA) is 29.3 Å². The summed E-state index contributed by atoms with van der Waals surface area (Å²) in [5.41, 5.74) is 8.81. The van der Waals surface area contributed by atoms with E-state index in [1.54, 1.807) is 12.1 Å². The van der Waals surface area contributed by atoms with Crippen molar-refractivity contribution in [3.8, 4) is 0 Å². The summed E-state index contributed by atoms with van der Waals surface area (Å²) < 4.78 is 14.0. The van der Waals surface area contributed by atoms with Gasteiger partial charge in [-0.2, -0.15) is 0 Å². The van der Waals surface area contributed by atoms with Crippen molar-refractivity contribution in [3.63, 3.8) is 0 Å². The number of hydrogen-bond donors (Lipinski definition) is 1. The number of nitrogens with zero attached hydrogens (tertiary/aromatic N) is 1. The molecule has 1 atom stereocenters. The van der Waals surface area contributed by atoms with E-state index in [1.165, 1.54) is 11.6 Å². The van der Waals surface area contributed by atoms with Crippen LogP contribution in [0.5, 0.6) is 0 Å². The highest BCUT2D eigenvalue weighted by Crippen LogP contribution is 2.27. The second-order valence-corrected chi connectivity index (χ2v) is 5.23. The van der Waals surface area contributed by atoms with Crippen LogP contribution < -0.4 is 10.6 Å². The highest BCUT2D eigenvalue weighted by molar-refractivity contribution is 5.63. The summed E-state index contributed by atoms with van der Waals surface area (Å²) in [4.78, 5) is 1.97. The summed E-state index contributed by atoms with van der Waals surface area (Å²) in [6.07, 6.45) is 1.85. The van der Waals surface area contributed by atoms with E-state index < -0.39 is 0 Å². The fourth-order valence-electron chi connectivity index (χ4n) is 2.42. The van der Waals surface area contributed by atoms with Crippen LogP contribution in [0.2, 0.25) is 0 Å². The fourth-order valence-corrected chi connectivity index (χ4v) is 2.42. The molecule has 2 nitrogen and oxygen atoms in total. The Kier molecular flexibility index (Phi) is 5.34. The monoisotopic (exact) mass is 286 g/mol. The molecule has 0 fully saturated rings. The van der Waals surface area contributed by atoms with Crippen LogP contribution in [0.25, 0.3) is 0 Å². The van der Waals surface area contributed by atoms with Crippen LogP contribution >= 0.6 is 0 Å². The Morgan fingerprint density at radius 3 is 2.29 bits per heavy atom. The highest BCUT2D eigenvalue weighted by Gasteiger charge is 2.11. The molecule has 0 spiro atoms. The number of benzene rings is 2. The molecule has 2 aromatic rings. The first-order valence-electron chi connectivity index (χ1n) is 7.52. The van der Waals surface area contributed by atoms with E-state index in [9.17, 15) is 4.39 Å². The molecule has 2 aromatic carbocycles. The maximum atomic E-state index is 14.0. The molecule has 1 unspecified atom stereocenters. The Balaban J connectivity index is 2.22. The van der Waals surface area contributed by atoms with Crippen molar-refractivity contribution in [2.75, 3.05) is 11.4 Å². The fraction of sp³-hybridized carbons (Fsp3) is 0.333. The maximum Gasteiger partial charge on any atom is 0.146 e. The van der Waals surface area contributed by atoms with Crippen LogP contribution in [0.4, 0.5) is 15.8 Å². The SMILES string of the molecule is CCC(N)Cc1ccc(N(CC)c2ccccc2F)cc1. The first-order valence-corrected chi connectivity index (χ1v) is 7.52. The Bertz CT molecular complexity index is 566. The summed E-state index contributed by atoms with van der Waals surface area (Å²) >= 11 is 0. The van der Waals surface area contributed by atoms with E-state index >= 15 is 0 Å². The lowest BCUT2D eigenvalue weighted by Crippen LogP contribution is -2.21. The van der Waals surface area contributed by atoms with Gasteiger partial charge >= 0.3 is 0 Å². The van der Waals surface area contributed by atoms with Gasteiger partial charge in [-0.15, -0.1) is 0 Å². The third-order valence-electron chi connectivity index (χ3n) is 3.73. The van der Waals surface area contributed by atoms with Crippen molar-refractivity contribution in [2.24, 2.45) is 5.73 Å². The molecule has 0 aliphatic rings. The van der Waals surface area contributed by atoms with Gasteiger partial charge in [0.1, 0.15) is 5.82 Å². The molecule has 0 heterocycles.